The maximum Gasteiger partial charge on any atom is 0.341 e. The number of hydrogen-bond acceptors (Lipinski definition) is 3. The van der Waals surface area contributed by atoms with Gasteiger partial charge in [0.15, 0.2) is 17.5 Å². The van der Waals surface area contributed by atoms with Crippen LogP contribution in [0.15, 0.2) is 0 Å². The summed E-state index contributed by atoms with van der Waals surface area (Å²) < 4.78 is 38.1. The Morgan fingerprint density at radius 1 is 1.00 bits per heavy atom. The first-order valence-electron chi connectivity index (χ1n) is 3.32. The van der Waals surface area contributed by atoms with Crippen molar-refractivity contribution in [2.24, 2.45) is 0 Å². The number of halogens is 3. The predicted octanol–water partition coefficient (Wildman–Crippen LogP) is 0.966. The van der Waals surface area contributed by atoms with E-state index in [2.05, 4.69) is 0 Å². The summed E-state index contributed by atoms with van der Waals surface area (Å²) in [5.41, 5.74) is 7.02. The number of anilines is 2. The van der Waals surface area contributed by atoms with Gasteiger partial charge >= 0.3 is 5.97 Å². The van der Waals surface area contributed by atoms with Crippen LogP contribution in [0.2, 0.25) is 0 Å². The summed E-state index contributed by atoms with van der Waals surface area (Å²) in [6.07, 6.45) is 0. The molecule has 1 aromatic carbocycles. The zero-order valence-electron chi connectivity index (χ0n) is 6.64. The van der Waals surface area contributed by atoms with E-state index < -0.39 is 40.4 Å². The highest BCUT2D eigenvalue weighted by Gasteiger charge is 2.25. The molecular formula is C7H5F3N2O2. The number of aromatic carboxylic acids is 1. The van der Waals surface area contributed by atoms with Gasteiger partial charge in [0.05, 0.1) is 11.4 Å². The van der Waals surface area contributed by atoms with Crippen LogP contribution in [0.1, 0.15) is 10.4 Å². The van der Waals surface area contributed by atoms with Crippen LogP contribution in [-0.2, 0) is 0 Å². The van der Waals surface area contributed by atoms with E-state index >= 15 is 0 Å². The predicted molar refractivity (Wildman–Crippen MR) is 42.1 cm³/mol. The second kappa shape index (κ2) is 3.09. The minimum atomic E-state index is -1.95. The highest BCUT2D eigenvalue weighted by atomic mass is 19.2. The maximum atomic E-state index is 12.8. The number of carboxylic acids is 1. The first-order valence-corrected chi connectivity index (χ1v) is 3.32. The molecule has 0 bridgehead atoms. The van der Waals surface area contributed by atoms with Crippen LogP contribution in [0.3, 0.4) is 0 Å². The largest absolute Gasteiger partial charge is 0.478 e. The molecule has 0 atom stereocenters. The Labute approximate surface area is 75.9 Å². The zero-order chi connectivity index (χ0) is 11.0. The normalized spacial score (nSPS) is 10.2. The van der Waals surface area contributed by atoms with Crippen molar-refractivity contribution >= 4 is 17.3 Å². The third-order valence-corrected chi connectivity index (χ3v) is 1.61. The van der Waals surface area contributed by atoms with Crippen molar-refractivity contribution in [1.82, 2.24) is 0 Å². The molecule has 5 N–H and O–H groups in total. The van der Waals surface area contributed by atoms with Gasteiger partial charge in [-0.1, -0.05) is 0 Å². The molecule has 0 aliphatic heterocycles. The number of hydrogen-bond donors (Lipinski definition) is 3. The minimum absolute atomic E-state index is 0.825. The zero-order valence-corrected chi connectivity index (χ0v) is 6.64. The van der Waals surface area contributed by atoms with Gasteiger partial charge in [0.25, 0.3) is 0 Å². The number of nitrogen functional groups attached to an aromatic ring is 2. The Kier molecular flexibility index (Phi) is 2.24. The van der Waals surface area contributed by atoms with E-state index in [1.54, 1.807) is 0 Å². The van der Waals surface area contributed by atoms with E-state index in [9.17, 15) is 18.0 Å². The Hall–Kier alpha value is -1.92. The summed E-state index contributed by atoms with van der Waals surface area (Å²) in [6, 6.07) is 0. The van der Waals surface area contributed by atoms with Crippen molar-refractivity contribution in [3.8, 4) is 0 Å². The number of rotatable bonds is 1. The van der Waals surface area contributed by atoms with E-state index in [1.165, 1.54) is 0 Å². The molecule has 76 valence electrons. The van der Waals surface area contributed by atoms with Gasteiger partial charge in [0, 0.05) is 0 Å². The van der Waals surface area contributed by atoms with Crippen LogP contribution < -0.4 is 11.5 Å². The van der Waals surface area contributed by atoms with Crippen LogP contribution in [0, 0.1) is 17.5 Å². The lowest BCUT2D eigenvalue weighted by molar-refractivity contribution is 0.0692. The molecule has 0 unspecified atom stereocenters. The van der Waals surface area contributed by atoms with Gasteiger partial charge in [-0.25, -0.2) is 18.0 Å². The van der Waals surface area contributed by atoms with Crippen molar-refractivity contribution in [1.29, 1.82) is 0 Å². The molecule has 0 saturated carbocycles. The molecule has 0 radical (unpaired) electrons. The Balaban J connectivity index is 3.68. The number of nitrogens with two attached hydrogens (primary N) is 2. The Morgan fingerprint density at radius 3 is 1.93 bits per heavy atom. The highest BCUT2D eigenvalue weighted by Crippen LogP contribution is 2.29. The smallest absolute Gasteiger partial charge is 0.341 e. The summed E-state index contributed by atoms with van der Waals surface area (Å²) in [7, 11) is 0. The van der Waals surface area contributed by atoms with Crippen LogP contribution in [0.5, 0.6) is 0 Å². The Bertz CT molecular complexity index is 391. The van der Waals surface area contributed by atoms with E-state index in [0.29, 0.717) is 0 Å². The average molecular weight is 206 g/mol. The second-order valence-corrected chi connectivity index (χ2v) is 2.45. The number of carbonyl (C=O) groups is 1. The molecular weight excluding hydrogens is 201 g/mol. The van der Waals surface area contributed by atoms with Gasteiger partial charge < -0.3 is 16.6 Å². The van der Waals surface area contributed by atoms with E-state index in [1.807, 2.05) is 0 Å². The van der Waals surface area contributed by atoms with Crippen molar-refractivity contribution in [2.45, 2.75) is 0 Å². The number of benzene rings is 1. The second-order valence-electron chi connectivity index (χ2n) is 2.45. The van der Waals surface area contributed by atoms with Crippen molar-refractivity contribution in [3.05, 3.63) is 23.0 Å². The molecule has 0 spiro atoms. The highest BCUT2D eigenvalue weighted by molar-refractivity contribution is 5.97. The SMILES string of the molecule is Nc1c(N)c(C(=O)O)c(F)c(F)c1F. The molecule has 0 saturated heterocycles. The van der Waals surface area contributed by atoms with Crippen molar-refractivity contribution in [3.63, 3.8) is 0 Å². The fourth-order valence-electron chi connectivity index (χ4n) is 0.905. The first-order chi connectivity index (χ1) is 6.37. The molecule has 14 heavy (non-hydrogen) atoms. The lowest BCUT2D eigenvalue weighted by Gasteiger charge is -2.07. The molecule has 0 fully saturated rings. The van der Waals surface area contributed by atoms with Crippen molar-refractivity contribution < 1.29 is 23.1 Å². The maximum absolute atomic E-state index is 12.8. The summed E-state index contributed by atoms with van der Waals surface area (Å²) in [4.78, 5) is 10.4. The number of carboxylic acid groups (broad SMARTS) is 1. The third-order valence-electron chi connectivity index (χ3n) is 1.61. The van der Waals surface area contributed by atoms with E-state index in [0.717, 1.165) is 0 Å². The van der Waals surface area contributed by atoms with Crippen molar-refractivity contribution in [2.75, 3.05) is 11.5 Å². The van der Waals surface area contributed by atoms with Gasteiger partial charge in [0.2, 0.25) is 0 Å². The van der Waals surface area contributed by atoms with Gasteiger partial charge in [-0.3, -0.25) is 0 Å². The quantitative estimate of drug-likeness (QED) is 0.471. The molecule has 0 aliphatic rings. The Morgan fingerprint density at radius 2 is 1.50 bits per heavy atom. The lowest BCUT2D eigenvalue weighted by Crippen LogP contribution is -2.13. The monoisotopic (exact) mass is 206 g/mol. The molecule has 0 heterocycles. The fraction of sp³-hybridized carbons (Fsp3) is 0. The summed E-state index contributed by atoms with van der Waals surface area (Å²) >= 11 is 0. The van der Waals surface area contributed by atoms with Gasteiger partial charge in [-0.2, -0.15) is 0 Å². The van der Waals surface area contributed by atoms with Crippen LogP contribution in [0.25, 0.3) is 0 Å². The fourth-order valence-corrected chi connectivity index (χ4v) is 0.905. The third kappa shape index (κ3) is 1.22. The van der Waals surface area contributed by atoms with Crippen LogP contribution in [-0.4, -0.2) is 11.1 Å². The summed E-state index contributed by atoms with van der Waals surface area (Å²) in [5.74, 6) is -7.31. The average Bonchev–Trinajstić information content (AvgIpc) is 2.11. The van der Waals surface area contributed by atoms with Crippen LogP contribution >= 0.6 is 0 Å². The molecule has 0 aliphatic carbocycles. The van der Waals surface area contributed by atoms with E-state index in [-0.39, 0.29) is 0 Å². The van der Waals surface area contributed by atoms with Gasteiger partial charge in [-0.15, -0.1) is 0 Å². The van der Waals surface area contributed by atoms with Gasteiger partial charge in [-0.05, 0) is 0 Å². The molecule has 0 aromatic heterocycles. The minimum Gasteiger partial charge on any atom is -0.478 e. The summed E-state index contributed by atoms with van der Waals surface area (Å²) in [5, 5.41) is 8.42. The molecule has 0 amide bonds. The molecule has 4 nitrogen and oxygen atoms in total. The standard InChI is InChI=1S/C7H5F3N2O2/c8-2-1(7(13)14)5(11)6(12)4(10)3(2)9/h11-12H2,(H,13,14). The molecule has 1 aromatic rings. The van der Waals surface area contributed by atoms with Crippen LogP contribution in [0.4, 0.5) is 24.5 Å². The lowest BCUT2D eigenvalue weighted by atomic mass is 10.1. The van der Waals surface area contributed by atoms with E-state index in [4.69, 9.17) is 16.6 Å². The first kappa shape index (κ1) is 10.2. The summed E-state index contributed by atoms with van der Waals surface area (Å²) in [6.45, 7) is 0. The van der Waals surface area contributed by atoms with Gasteiger partial charge in [0.1, 0.15) is 5.56 Å². The topological polar surface area (TPSA) is 89.3 Å². The molecule has 7 heteroatoms. The molecule has 1 rings (SSSR count).